The molecule has 130 valence electrons. The van der Waals surface area contributed by atoms with Crippen molar-refractivity contribution in [2.75, 3.05) is 13.3 Å². The van der Waals surface area contributed by atoms with E-state index in [0.29, 0.717) is 17.1 Å². The van der Waals surface area contributed by atoms with Crippen molar-refractivity contribution in [2.45, 2.75) is 19.9 Å². The summed E-state index contributed by atoms with van der Waals surface area (Å²) in [5, 5.41) is 5.50. The minimum atomic E-state index is -0.260. The molecule has 0 fully saturated rings. The number of carbonyl (C=O) groups is 2. The van der Waals surface area contributed by atoms with Gasteiger partial charge < -0.3 is 20.1 Å². The zero-order chi connectivity index (χ0) is 17.8. The smallest absolute Gasteiger partial charge is 0.251 e. The van der Waals surface area contributed by atoms with Gasteiger partial charge in [0.2, 0.25) is 12.7 Å². The molecular weight excluding hydrogens is 320 g/mol. The highest BCUT2D eigenvalue weighted by molar-refractivity contribution is 5.97. The Labute approximate surface area is 146 Å². The summed E-state index contributed by atoms with van der Waals surface area (Å²) in [6.07, 6.45) is 0. The highest BCUT2D eigenvalue weighted by atomic mass is 16.7. The third-order valence-electron chi connectivity index (χ3n) is 4.07. The molecule has 2 aromatic rings. The highest BCUT2D eigenvalue weighted by Crippen LogP contribution is 2.34. The Morgan fingerprint density at radius 2 is 1.88 bits per heavy atom. The number of hydrogen-bond acceptors (Lipinski definition) is 4. The van der Waals surface area contributed by atoms with E-state index in [4.69, 9.17) is 9.47 Å². The fraction of sp³-hybridized carbons (Fsp3) is 0.263. The van der Waals surface area contributed by atoms with Gasteiger partial charge in [-0.2, -0.15) is 0 Å². The van der Waals surface area contributed by atoms with Crippen LogP contribution in [0, 0.1) is 6.92 Å². The van der Waals surface area contributed by atoms with Crippen molar-refractivity contribution in [2.24, 2.45) is 0 Å². The monoisotopic (exact) mass is 340 g/mol. The van der Waals surface area contributed by atoms with Gasteiger partial charge in [0.1, 0.15) is 0 Å². The molecule has 2 N–H and O–H groups in total. The third-order valence-corrected chi connectivity index (χ3v) is 4.07. The fourth-order valence-electron chi connectivity index (χ4n) is 2.64. The van der Waals surface area contributed by atoms with Crippen LogP contribution in [0.4, 0.5) is 0 Å². The van der Waals surface area contributed by atoms with Gasteiger partial charge >= 0.3 is 0 Å². The van der Waals surface area contributed by atoms with Crippen LogP contribution in [-0.2, 0) is 4.79 Å². The van der Waals surface area contributed by atoms with E-state index in [1.54, 1.807) is 12.1 Å². The van der Waals surface area contributed by atoms with Crippen molar-refractivity contribution in [1.82, 2.24) is 10.6 Å². The summed E-state index contributed by atoms with van der Waals surface area (Å²) < 4.78 is 10.6. The second-order valence-electron chi connectivity index (χ2n) is 5.90. The molecule has 1 atom stereocenters. The van der Waals surface area contributed by atoms with E-state index >= 15 is 0 Å². The number of aryl methyl sites for hydroxylation is 1. The maximum atomic E-state index is 12.1. The molecule has 0 saturated heterocycles. The van der Waals surface area contributed by atoms with Gasteiger partial charge in [0.25, 0.3) is 5.91 Å². The summed E-state index contributed by atoms with van der Waals surface area (Å²) in [5.74, 6) is 0.857. The number of carbonyl (C=O) groups excluding carboxylic acids is 2. The molecule has 0 unspecified atom stereocenters. The zero-order valence-corrected chi connectivity index (χ0v) is 14.2. The topological polar surface area (TPSA) is 76.7 Å². The average Bonchev–Trinajstić information content (AvgIpc) is 3.07. The predicted molar refractivity (Wildman–Crippen MR) is 92.6 cm³/mol. The van der Waals surface area contributed by atoms with Crippen molar-refractivity contribution in [3.8, 4) is 11.5 Å². The van der Waals surface area contributed by atoms with Crippen LogP contribution in [0.3, 0.4) is 0 Å². The molecule has 0 spiro atoms. The van der Waals surface area contributed by atoms with Crippen LogP contribution in [0.1, 0.15) is 34.5 Å². The summed E-state index contributed by atoms with van der Waals surface area (Å²) in [5.41, 5.74) is 2.34. The lowest BCUT2D eigenvalue weighted by atomic mass is 10.1. The first-order valence-electron chi connectivity index (χ1n) is 8.07. The molecule has 3 rings (SSSR count). The number of rotatable bonds is 5. The highest BCUT2D eigenvalue weighted by Gasteiger charge is 2.17. The van der Waals surface area contributed by atoms with Crippen molar-refractivity contribution < 1.29 is 19.1 Å². The predicted octanol–water partition coefficient (Wildman–Crippen LogP) is 2.33. The van der Waals surface area contributed by atoms with Gasteiger partial charge in [-0.3, -0.25) is 9.59 Å². The lowest BCUT2D eigenvalue weighted by molar-refractivity contribution is -0.120. The molecule has 6 heteroatoms. The van der Waals surface area contributed by atoms with Gasteiger partial charge in [-0.25, -0.2) is 0 Å². The first kappa shape index (κ1) is 16.8. The zero-order valence-electron chi connectivity index (χ0n) is 14.2. The largest absolute Gasteiger partial charge is 0.454 e. The number of ether oxygens (including phenoxy) is 2. The molecule has 0 aromatic heterocycles. The minimum absolute atomic E-state index is 0.0813. The van der Waals surface area contributed by atoms with Crippen molar-refractivity contribution >= 4 is 11.8 Å². The molecule has 1 aliphatic heterocycles. The molecule has 1 heterocycles. The van der Waals surface area contributed by atoms with Gasteiger partial charge in [-0.05, 0) is 43.2 Å². The molecule has 0 radical (unpaired) electrons. The molecule has 25 heavy (non-hydrogen) atoms. The number of benzene rings is 2. The summed E-state index contributed by atoms with van der Waals surface area (Å²) in [7, 11) is 0. The molecule has 0 saturated carbocycles. The molecule has 2 amide bonds. The van der Waals surface area contributed by atoms with Crippen molar-refractivity contribution in [3.05, 3.63) is 59.2 Å². The first-order valence-corrected chi connectivity index (χ1v) is 8.07. The molecule has 6 nitrogen and oxygen atoms in total. The van der Waals surface area contributed by atoms with E-state index in [1.807, 2.05) is 44.2 Å². The van der Waals surface area contributed by atoms with Crippen LogP contribution in [0.5, 0.6) is 11.5 Å². The summed E-state index contributed by atoms with van der Waals surface area (Å²) in [4.78, 5) is 24.2. The van der Waals surface area contributed by atoms with Gasteiger partial charge in [0.05, 0.1) is 12.6 Å². The Balaban J connectivity index is 1.54. The Bertz CT molecular complexity index is 804. The van der Waals surface area contributed by atoms with Crippen molar-refractivity contribution in [1.29, 1.82) is 0 Å². The Morgan fingerprint density at radius 1 is 1.12 bits per heavy atom. The number of hydrogen-bond donors (Lipinski definition) is 2. The van der Waals surface area contributed by atoms with Crippen molar-refractivity contribution in [3.63, 3.8) is 0 Å². The van der Waals surface area contributed by atoms with Gasteiger partial charge in [0.15, 0.2) is 11.5 Å². The lowest BCUT2D eigenvalue weighted by Gasteiger charge is -2.15. The number of amides is 2. The third kappa shape index (κ3) is 3.91. The van der Waals surface area contributed by atoms with Crippen LogP contribution in [0.15, 0.2) is 42.5 Å². The molecule has 0 aliphatic carbocycles. The summed E-state index contributed by atoms with van der Waals surface area (Å²) in [6, 6.07) is 12.6. The fourth-order valence-corrected chi connectivity index (χ4v) is 2.64. The standard InChI is InChI=1S/C19H20N2O4/c1-12-5-3-4-6-15(12)19(23)20-10-18(22)21-13(2)14-7-8-16-17(9-14)25-11-24-16/h3-9,13H,10-11H2,1-2H3,(H,20,23)(H,21,22)/t13-/m0/s1. The van der Waals surface area contributed by atoms with Gasteiger partial charge in [-0.15, -0.1) is 0 Å². The maximum Gasteiger partial charge on any atom is 0.251 e. The summed E-state index contributed by atoms with van der Waals surface area (Å²) >= 11 is 0. The SMILES string of the molecule is Cc1ccccc1C(=O)NCC(=O)N[C@@H](C)c1ccc2c(c1)OCO2. The average molecular weight is 340 g/mol. The second kappa shape index (κ2) is 7.25. The van der Waals surface area contributed by atoms with E-state index in [2.05, 4.69) is 10.6 Å². The Morgan fingerprint density at radius 3 is 2.68 bits per heavy atom. The summed E-state index contributed by atoms with van der Waals surface area (Å²) in [6.45, 7) is 3.86. The Hall–Kier alpha value is -3.02. The van der Waals surface area contributed by atoms with Gasteiger partial charge in [-0.1, -0.05) is 24.3 Å². The normalized spacial score (nSPS) is 13.2. The van der Waals surface area contributed by atoms with E-state index < -0.39 is 0 Å². The van der Waals surface area contributed by atoms with Gasteiger partial charge in [0, 0.05) is 5.56 Å². The van der Waals surface area contributed by atoms with Crippen LogP contribution in [0.25, 0.3) is 0 Å². The van der Waals surface area contributed by atoms with Crippen LogP contribution < -0.4 is 20.1 Å². The second-order valence-corrected chi connectivity index (χ2v) is 5.90. The van der Waals surface area contributed by atoms with E-state index in [0.717, 1.165) is 11.1 Å². The quantitative estimate of drug-likeness (QED) is 0.876. The molecule has 0 bridgehead atoms. The maximum absolute atomic E-state index is 12.1. The Kier molecular flexibility index (Phi) is 4.88. The molecular formula is C19H20N2O4. The minimum Gasteiger partial charge on any atom is -0.454 e. The lowest BCUT2D eigenvalue weighted by Crippen LogP contribution is -2.38. The molecule has 2 aromatic carbocycles. The number of nitrogens with one attached hydrogen (secondary N) is 2. The number of fused-ring (bicyclic) bond motifs is 1. The van der Waals surface area contributed by atoms with E-state index in [-0.39, 0.29) is 31.2 Å². The molecule has 1 aliphatic rings. The van der Waals surface area contributed by atoms with Crippen LogP contribution in [0.2, 0.25) is 0 Å². The van der Waals surface area contributed by atoms with Crippen LogP contribution >= 0.6 is 0 Å². The van der Waals surface area contributed by atoms with Crippen LogP contribution in [-0.4, -0.2) is 25.2 Å². The van der Waals surface area contributed by atoms with E-state index in [9.17, 15) is 9.59 Å². The first-order chi connectivity index (χ1) is 12.0. The van der Waals surface area contributed by atoms with E-state index in [1.165, 1.54) is 0 Å².